The van der Waals surface area contributed by atoms with E-state index in [1.165, 1.54) is 27.1 Å². The Morgan fingerprint density at radius 3 is 1.80 bits per heavy atom. The lowest BCUT2D eigenvalue weighted by atomic mass is 9.78. The number of ether oxygens (including phenoxy) is 1. The summed E-state index contributed by atoms with van der Waals surface area (Å²) in [4.78, 5) is 11.9. The van der Waals surface area contributed by atoms with Crippen LogP contribution in [-0.2, 0) is 16.2 Å². The zero-order chi connectivity index (χ0) is 54.6. The highest BCUT2D eigenvalue weighted by atomic mass is 28.3. The van der Waals surface area contributed by atoms with E-state index < -0.39 is 14.1 Å². The molecule has 0 radical (unpaired) electrons. The molecule has 0 fully saturated rings. The van der Waals surface area contributed by atoms with Crippen LogP contribution in [0.2, 0.25) is 13.1 Å². The van der Waals surface area contributed by atoms with E-state index in [1.807, 2.05) is 24.4 Å². The van der Waals surface area contributed by atoms with Crippen LogP contribution in [0.4, 0.5) is 39.9 Å². The minimum Gasteiger partial charge on any atom is -0.457 e. The lowest BCUT2D eigenvalue weighted by molar-refractivity contribution is 0.482. The van der Waals surface area contributed by atoms with Gasteiger partial charge in [0.2, 0.25) is 0 Å². The Bertz CT molecular complexity index is 3550. The summed E-state index contributed by atoms with van der Waals surface area (Å²) in [5.41, 5.74) is 12.7. The standard InChI is InChI=1S/C65H70N4OSi/c1-43(2)45-36-50(40-52(37-45)70-51-30-31-60-58(41-51)69(57-28-19-20-29-59(57)71(60,12)13)61-39-47(32-33-66-61)63(3,4)5)67-42-68(56-27-18-17-26-55(56)67)62-53(44-22-15-14-16-23-44)24-21-25-54(62)46-34-48(64(6,7)8)38-49(35-46)65(9,10)11/h14-41,43H,42H2,1-13H3/i14D,15D,16D,22D,23D. The van der Waals surface area contributed by atoms with Crippen LogP contribution < -0.4 is 29.8 Å². The summed E-state index contributed by atoms with van der Waals surface area (Å²) < 4.78 is 51.9. The van der Waals surface area contributed by atoms with Crippen LogP contribution >= 0.6 is 0 Å². The first kappa shape index (κ1) is 41.8. The third-order valence-electron chi connectivity index (χ3n) is 14.5. The molecule has 8 aromatic rings. The number of para-hydroxylation sites is 4. The molecule has 0 atom stereocenters. The van der Waals surface area contributed by atoms with Gasteiger partial charge in [-0.2, -0.15) is 0 Å². The zero-order valence-electron chi connectivity index (χ0n) is 48.8. The first-order chi connectivity index (χ1) is 35.7. The van der Waals surface area contributed by atoms with Gasteiger partial charge >= 0.3 is 0 Å². The molecule has 3 heterocycles. The van der Waals surface area contributed by atoms with Gasteiger partial charge in [0.25, 0.3) is 0 Å². The van der Waals surface area contributed by atoms with Crippen LogP contribution in [0, 0.1) is 0 Å². The second kappa shape index (κ2) is 17.7. The number of benzene rings is 7. The molecular weight excluding hydrogens is 881 g/mol. The van der Waals surface area contributed by atoms with Crippen LogP contribution in [0.15, 0.2) is 170 Å². The normalized spacial score (nSPS) is 15.4. The summed E-state index contributed by atoms with van der Waals surface area (Å²) in [7, 11) is -2.16. The Balaban J connectivity index is 1.12. The number of nitrogens with zero attached hydrogens (tertiary/aromatic N) is 4. The van der Waals surface area contributed by atoms with Crippen LogP contribution in [0.3, 0.4) is 0 Å². The molecule has 0 N–H and O–H groups in total. The summed E-state index contributed by atoms with van der Waals surface area (Å²) in [6.45, 7) is 29.7. The van der Waals surface area contributed by atoms with Gasteiger partial charge in [-0.15, -0.1) is 0 Å². The Labute approximate surface area is 431 Å². The van der Waals surface area contributed by atoms with E-state index in [0.717, 1.165) is 62.4 Å². The molecule has 2 aliphatic heterocycles. The van der Waals surface area contributed by atoms with Crippen molar-refractivity contribution in [2.24, 2.45) is 0 Å². The first-order valence-electron chi connectivity index (χ1n) is 27.6. The van der Waals surface area contributed by atoms with Crippen molar-refractivity contribution in [3.05, 3.63) is 192 Å². The number of aromatic nitrogens is 1. The zero-order valence-corrected chi connectivity index (χ0v) is 44.8. The monoisotopic (exact) mass is 956 g/mol. The molecule has 5 nitrogen and oxygen atoms in total. The smallest absolute Gasteiger partial charge is 0.137 e. The average Bonchev–Trinajstić information content (AvgIpc) is 3.76. The van der Waals surface area contributed by atoms with Crippen LogP contribution in [-0.4, -0.2) is 19.7 Å². The van der Waals surface area contributed by atoms with Gasteiger partial charge < -0.3 is 14.5 Å². The average molecular weight is 956 g/mol. The van der Waals surface area contributed by atoms with Crippen molar-refractivity contribution in [2.45, 2.75) is 111 Å². The Morgan fingerprint density at radius 2 is 1.15 bits per heavy atom. The summed E-state index contributed by atoms with van der Waals surface area (Å²) in [6.07, 6.45) is 1.93. The number of fused-ring (bicyclic) bond motifs is 3. The summed E-state index contributed by atoms with van der Waals surface area (Å²) in [6, 6.07) is 45.7. The van der Waals surface area contributed by atoms with Crippen molar-refractivity contribution in [1.29, 1.82) is 0 Å². The maximum absolute atomic E-state index is 9.32. The van der Waals surface area contributed by atoms with Gasteiger partial charge in [-0.3, -0.25) is 4.90 Å². The summed E-state index contributed by atoms with van der Waals surface area (Å²) in [5.74, 6) is 2.47. The van der Waals surface area contributed by atoms with Crippen LogP contribution in [0.1, 0.15) is 111 Å². The quantitative estimate of drug-likeness (QED) is 0.142. The molecule has 1 aromatic heterocycles. The van der Waals surface area contributed by atoms with E-state index in [4.69, 9.17) is 13.8 Å². The molecule has 71 heavy (non-hydrogen) atoms. The van der Waals surface area contributed by atoms with E-state index >= 15 is 0 Å². The molecule has 6 heteroatoms. The second-order valence-electron chi connectivity index (χ2n) is 23.3. The molecule has 360 valence electrons. The van der Waals surface area contributed by atoms with E-state index in [1.54, 1.807) is 0 Å². The summed E-state index contributed by atoms with van der Waals surface area (Å²) in [5, 5.41) is 2.68. The number of rotatable bonds is 8. The number of hydrogen-bond donors (Lipinski definition) is 0. The second-order valence-corrected chi connectivity index (χ2v) is 27.6. The van der Waals surface area contributed by atoms with Crippen molar-refractivity contribution >= 4 is 58.4 Å². The molecule has 0 saturated heterocycles. The number of anilines is 7. The maximum Gasteiger partial charge on any atom is 0.137 e. The Morgan fingerprint density at radius 1 is 0.549 bits per heavy atom. The molecule has 7 aromatic carbocycles. The van der Waals surface area contributed by atoms with Crippen molar-refractivity contribution < 1.29 is 11.6 Å². The van der Waals surface area contributed by atoms with Crippen LogP contribution in [0.25, 0.3) is 22.3 Å². The SMILES string of the molecule is [2H]c1c([2H])c([2H])c(-c2cccc(-c3cc(C(C)(C)C)cc(C(C)(C)C)c3)c2N2CN(c3cc(Oc4ccc5c(c4)N(c4cc(C(C)(C)C)ccn4)c4ccccc4[Si]5(C)C)cc(C(C)C)c3)c3ccccc32)c([2H])c1[2H]. The molecule has 0 aliphatic carbocycles. The molecule has 0 bridgehead atoms. The highest BCUT2D eigenvalue weighted by molar-refractivity contribution is 7.02. The highest BCUT2D eigenvalue weighted by Gasteiger charge is 2.40. The van der Waals surface area contributed by atoms with Gasteiger partial charge in [-0.25, -0.2) is 4.98 Å². The number of hydrogen-bond acceptors (Lipinski definition) is 5. The molecular formula is C65H70N4OSi. The van der Waals surface area contributed by atoms with E-state index in [2.05, 4.69) is 219 Å². The third kappa shape index (κ3) is 8.97. The van der Waals surface area contributed by atoms with Crippen molar-refractivity contribution in [3.63, 3.8) is 0 Å². The summed E-state index contributed by atoms with van der Waals surface area (Å²) >= 11 is 0. The fraction of sp³-hybridized carbons (Fsp3) is 0.277. The Hall–Kier alpha value is -6.89. The minimum absolute atomic E-state index is 0.0644. The predicted molar refractivity (Wildman–Crippen MR) is 305 cm³/mol. The number of pyridine rings is 1. The van der Waals surface area contributed by atoms with E-state index in [0.29, 0.717) is 18.0 Å². The Kier molecular flexibility index (Phi) is 10.5. The fourth-order valence-corrected chi connectivity index (χ4v) is 13.2. The van der Waals surface area contributed by atoms with Crippen LogP contribution in [0.5, 0.6) is 11.5 Å². The molecule has 0 unspecified atom stereocenters. The van der Waals surface area contributed by atoms with Crippen molar-refractivity contribution in [1.82, 2.24) is 4.98 Å². The molecule has 10 rings (SSSR count). The lowest BCUT2D eigenvalue weighted by Gasteiger charge is -2.40. The van der Waals surface area contributed by atoms with E-state index in [9.17, 15) is 2.74 Å². The minimum atomic E-state index is -2.16. The van der Waals surface area contributed by atoms with Gasteiger partial charge in [-0.1, -0.05) is 192 Å². The van der Waals surface area contributed by atoms with Gasteiger partial charge in [0.1, 0.15) is 32.1 Å². The highest BCUT2D eigenvalue weighted by Crippen LogP contribution is 2.52. The molecule has 2 aliphatic rings. The lowest BCUT2D eigenvalue weighted by Crippen LogP contribution is -2.58. The molecule has 0 saturated carbocycles. The molecule has 0 spiro atoms. The molecule has 0 amide bonds. The predicted octanol–water partition coefficient (Wildman–Crippen LogP) is 17.1. The van der Waals surface area contributed by atoms with Gasteiger partial charge in [0, 0.05) is 40.8 Å². The largest absolute Gasteiger partial charge is 0.457 e. The van der Waals surface area contributed by atoms with Crippen molar-refractivity contribution in [3.8, 4) is 33.8 Å². The fourth-order valence-electron chi connectivity index (χ4n) is 10.2. The van der Waals surface area contributed by atoms with Gasteiger partial charge in [-0.05, 0) is 114 Å². The first-order valence-corrected chi connectivity index (χ1v) is 28.1. The van der Waals surface area contributed by atoms with E-state index in [-0.39, 0.29) is 51.9 Å². The third-order valence-corrected chi connectivity index (χ3v) is 18.0. The van der Waals surface area contributed by atoms with Gasteiger partial charge in [0.15, 0.2) is 0 Å². The maximum atomic E-state index is 9.32. The van der Waals surface area contributed by atoms with Crippen molar-refractivity contribution in [2.75, 3.05) is 21.4 Å². The topological polar surface area (TPSA) is 31.8 Å². The van der Waals surface area contributed by atoms with Gasteiger partial charge in [0.05, 0.1) is 29.6 Å².